The molecule has 3 aromatic carbocycles. The first-order valence-electron chi connectivity index (χ1n) is 13.4. The summed E-state index contributed by atoms with van der Waals surface area (Å²) in [6, 6.07) is 12.2. The van der Waals surface area contributed by atoms with Crippen LogP contribution in [0.1, 0.15) is 47.9 Å². The largest absolute Gasteiger partial charge is 0.494 e. The Kier molecular flexibility index (Phi) is 10.0. The molecule has 0 radical (unpaired) electrons. The fraction of sp³-hybridized carbons (Fsp3) is 0.250. The molecule has 0 aliphatic heterocycles. The van der Waals surface area contributed by atoms with Gasteiger partial charge in [-0.2, -0.15) is 0 Å². The van der Waals surface area contributed by atoms with Gasteiger partial charge < -0.3 is 19.5 Å². The minimum atomic E-state index is -2.18. The van der Waals surface area contributed by atoms with E-state index in [4.69, 9.17) is 9.84 Å². The molecule has 1 heterocycles. The Morgan fingerprint density at radius 1 is 0.791 bits per heavy atom. The van der Waals surface area contributed by atoms with Gasteiger partial charge in [-0.05, 0) is 67.6 Å². The zero-order valence-corrected chi connectivity index (χ0v) is 22.7. The number of carbonyl (C=O) groups is 2. The number of hydrogen-bond donors (Lipinski definition) is 2. The average molecular weight is 600 g/mol. The Balaban J connectivity index is 1.39. The molecule has 4 rings (SSSR count). The van der Waals surface area contributed by atoms with Crippen molar-refractivity contribution in [3.05, 3.63) is 100 Å². The van der Waals surface area contributed by atoms with Crippen LogP contribution in [-0.4, -0.2) is 33.3 Å². The number of carboxylic acids is 2. The average Bonchev–Trinajstić information content (AvgIpc) is 3.32. The molecular formula is C32H26F5NO5. The fourth-order valence-electron chi connectivity index (χ4n) is 4.66. The zero-order valence-electron chi connectivity index (χ0n) is 22.7. The standard InChI is InChI=1S/C32H26F5NO5/c33-28-23(29(34)31(36)32(37)30(28)35)6-1-2-16-43-22-13-10-19(11-14-22)9-12-20-5-3-7-24-27(20)21(17-26(41)42)18-38(24)15-4-8-25(39)40/h3,5,7,10-11,13-14,18H,1-2,4,6,8,15-17H2,(H,39,40)(H,41,42). The predicted octanol–water partition coefficient (Wildman–Crippen LogP) is 6.63. The van der Waals surface area contributed by atoms with Crippen LogP contribution in [0.4, 0.5) is 22.0 Å². The Labute approximate surface area is 243 Å². The normalized spacial score (nSPS) is 10.9. The van der Waals surface area contributed by atoms with Crippen molar-refractivity contribution < 1.29 is 46.5 Å². The van der Waals surface area contributed by atoms with Crippen LogP contribution >= 0.6 is 0 Å². The van der Waals surface area contributed by atoms with Crippen molar-refractivity contribution in [2.24, 2.45) is 0 Å². The van der Waals surface area contributed by atoms with Gasteiger partial charge >= 0.3 is 11.9 Å². The molecule has 11 heteroatoms. The molecule has 4 aromatic rings. The Morgan fingerprint density at radius 2 is 1.47 bits per heavy atom. The lowest BCUT2D eigenvalue weighted by molar-refractivity contribution is -0.137. The number of aryl methyl sites for hydroxylation is 1. The van der Waals surface area contributed by atoms with E-state index in [9.17, 15) is 36.6 Å². The molecule has 2 N–H and O–H groups in total. The van der Waals surface area contributed by atoms with Gasteiger partial charge in [-0.1, -0.05) is 17.9 Å². The van der Waals surface area contributed by atoms with Crippen molar-refractivity contribution in [1.82, 2.24) is 4.57 Å². The van der Waals surface area contributed by atoms with Gasteiger partial charge in [0.05, 0.1) is 13.0 Å². The van der Waals surface area contributed by atoms with Crippen molar-refractivity contribution in [3.8, 4) is 17.6 Å². The van der Waals surface area contributed by atoms with Gasteiger partial charge in [0.25, 0.3) is 0 Å². The van der Waals surface area contributed by atoms with Crippen LogP contribution < -0.4 is 4.74 Å². The van der Waals surface area contributed by atoms with E-state index in [-0.39, 0.29) is 32.3 Å². The van der Waals surface area contributed by atoms with Crippen LogP contribution in [0, 0.1) is 40.9 Å². The molecule has 0 aliphatic carbocycles. The third kappa shape index (κ3) is 7.52. The van der Waals surface area contributed by atoms with Gasteiger partial charge in [-0.25, -0.2) is 22.0 Å². The highest BCUT2D eigenvalue weighted by molar-refractivity contribution is 5.92. The number of rotatable bonds is 12. The maximum absolute atomic E-state index is 13.8. The van der Waals surface area contributed by atoms with Crippen molar-refractivity contribution in [2.75, 3.05) is 6.61 Å². The number of carboxylic acid groups (broad SMARTS) is 2. The minimum absolute atomic E-state index is 0.00838. The summed E-state index contributed by atoms with van der Waals surface area (Å²) in [4.78, 5) is 22.4. The fourth-order valence-corrected chi connectivity index (χ4v) is 4.66. The van der Waals surface area contributed by atoms with E-state index in [1.807, 2.05) is 10.6 Å². The zero-order chi connectivity index (χ0) is 31.1. The highest BCUT2D eigenvalue weighted by Crippen LogP contribution is 2.27. The molecule has 0 spiro atoms. The second kappa shape index (κ2) is 13.9. The first-order valence-corrected chi connectivity index (χ1v) is 13.4. The first kappa shape index (κ1) is 31.1. The monoisotopic (exact) mass is 599 g/mol. The summed E-state index contributed by atoms with van der Waals surface area (Å²) in [5.41, 5.74) is 1.76. The highest BCUT2D eigenvalue weighted by atomic mass is 19.2. The van der Waals surface area contributed by atoms with Crippen LogP contribution in [0.25, 0.3) is 10.9 Å². The summed E-state index contributed by atoms with van der Waals surface area (Å²) in [6.45, 7) is 0.566. The number of nitrogens with zero attached hydrogens (tertiary/aromatic N) is 1. The van der Waals surface area contributed by atoms with E-state index in [0.29, 0.717) is 47.2 Å². The summed E-state index contributed by atoms with van der Waals surface area (Å²) in [5.74, 6) is -5.02. The number of halogens is 5. The van der Waals surface area contributed by atoms with E-state index < -0.39 is 46.6 Å². The molecule has 0 saturated heterocycles. The van der Waals surface area contributed by atoms with E-state index in [1.165, 1.54) is 0 Å². The van der Waals surface area contributed by atoms with Crippen LogP contribution in [-0.2, 0) is 29.0 Å². The molecule has 224 valence electrons. The van der Waals surface area contributed by atoms with Crippen molar-refractivity contribution in [3.63, 3.8) is 0 Å². The molecule has 1 aromatic heterocycles. The lowest BCUT2D eigenvalue weighted by Crippen LogP contribution is -2.08. The van der Waals surface area contributed by atoms with E-state index in [1.54, 1.807) is 42.6 Å². The maximum atomic E-state index is 13.8. The van der Waals surface area contributed by atoms with Crippen LogP contribution in [0.3, 0.4) is 0 Å². The predicted molar refractivity (Wildman–Crippen MR) is 147 cm³/mol. The molecule has 0 saturated carbocycles. The summed E-state index contributed by atoms with van der Waals surface area (Å²) < 4.78 is 74.9. The molecule has 0 fully saturated rings. The Hall–Kier alpha value is -4.85. The molecule has 0 aliphatic rings. The third-order valence-corrected chi connectivity index (χ3v) is 6.70. The Bertz CT molecular complexity index is 1690. The summed E-state index contributed by atoms with van der Waals surface area (Å²) in [6.07, 6.45) is 2.00. The number of aromatic nitrogens is 1. The minimum Gasteiger partial charge on any atom is -0.494 e. The third-order valence-electron chi connectivity index (χ3n) is 6.70. The second-order valence-electron chi connectivity index (χ2n) is 9.74. The van der Waals surface area contributed by atoms with Gasteiger partial charge in [0.1, 0.15) is 5.75 Å². The molecular weight excluding hydrogens is 573 g/mol. The summed E-state index contributed by atoms with van der Waals surface area (Å²) >= 11 is 0. The summed E-state index contributed by atoms with van der Waals surface area (Å²) in [5, 5.41) is 19.0. The van der Waals surface area contributed by atoms with Gasteiger partial charge in [-0.15, -0.1) is 0 Å². The Morgan fingerprint density at radius 3 is 2.12 bits per heavy atom. The molecule has 43 heavy (non-hydrogen) atoms. The molecule has 0 unspecified atom stereocenters. The highest BCUT2D eigenvalue weighted by Gasteiger charge is 2.25. The number of hydrogen-bond acceptors (Lipinski definition) is 3. The van der Waals surface area contributed by atoms with Gasteiger partial charge in [0.15, 0.2) is 23.3 Å². The number of aliphatic carboxylic acids is 2. The lowest BCUT2D eigenvalue weighted by atomic mass is 10.0. The van der Waals surface area contributed by atoms with E-state index in [2.05, 4.69) is 11.8 Å². The topological polar surface area (TPSA) is 88.8 Å². The van der Waals surface area contributed by atoms with Crippen LogP contribution in [0.15, 0.2) is 48.7 Å². The van der Waals surface area contributed by atoms with Gasteiger partial charge in [0.2, 0.25) is 5.82 Å². The number of ether oxygens (including phenoxy) is 1. The van der Waals surface area contributed by atoms with Crippen molar-refractivity contribution >= 4 is 22.8 Å². The van der Waals surface area contributed by atoms with Gasteiger partial charge in [-0.3, -0.25) is 9.59 Å². The lowest BCUT2D eigenvalue weighted by Gasteiger charge is -2.09. The molecule has 0 amide bonds. The van der Waals surface area contributed by atoms with Gasteiger partial charge in [0, 0.05) is 46.8 Å². The maximum Gasteiger partial charge on any atom is 0.307 e. The van der Waals surface area contributed by atoms with Crippen LogP contribution in [0.5, 0.6) is 5.75 Å². The summed E-state index contributed by atoms with van der Waals surface area (Å²) in [7, 11) is 0. The molecule has 0 atom stereocenters. The van der Waals surface area contributed by atoms with Crippen molar-refractivity contribution in [2.45, 2.75) is 45.1 Å². The second-order valence-corrected chi connectivity index (χ2v) is 9.74. The first-order chi connectivity index (χ1) is 20.6. The number of fused-ring (bicyclic) bond motifs is 1. The van der Waals surface area contributed by atoms with Crippen LogP contribution in [0.2, 0.25) is 0 Å². The van der Waals surface area contributed by atoms with E-state index in [0.717, 1.165) is 5.52 Å². The smallest absolute Gasteiger partial charge is 0.307 e. The quantitative estimate of drug-likeness (QED) is 0.0628. The SMILES string of the molecule is O=C(O)CCCn1cc(CC(=O)O)c2c(C#Cc3ccc(OCCCCc4c(F)c(F)c(F)c(F)c4F)cc3)cccc21. The van der Waals surface area contributed by atoms with E-state index >= 15 is 0 Å². The van der Waals surface area contributed by atoms with Crippen molar-refractivity contribution in [1.29, 1.82) is 0 Å². The number of unbranched alkanes of at least 4 members (excludes halogenated alkanes) is 1. The molecule has 6 nitrogen and oxygen atoms in total. The number of benzene rings is 3. The molecule has 0 bridgehead atoms.